The van der Waals surface area contributed by atoms with Gasteiger partial charge in [-0.25, -0.2) is 0 Å². The number of nitrogens with zero attached hydrogens (tertiary/aromatic N) is 1. The van der Waals surface area contributed by atoms with E-state index in [-0.39, 0.29) is 0 Å². The van der Waals surface area contributed by atoms with Crippen molar-refractivity contribution in [2.75, 3.05) is 0 Å². The molecule has 1 heterocycles. The van der Waals surface area contributed by atoms with E-state index in [9.17, 15) is 0 Å². The van der Waals surface area contributed by atoms with Gasteiger partial charge in [0.15, 0.2) is 0 Å². The van der Waals surface area contributed by atoms with Crippen LogP contribution in [0.25, 0.3) is 16.6 Å². The van der Waals surface area contributed by atoms with E-state index in [0.29, 0.717) is 0 Å². The summed E-state index contributed by atoms with van der Waals surface area (Å²) < 4.78 is 2.06. The van der Waals surface area contributed by atoms with Crippen molar-refractivity contribution in [1.82, 2.24) is 4.57 Å². The summed E-state index contributed by atoms with van der Waals surface area (Å²) >= 11 is 0. The second-order valence-electron chi connectivity index (χ2n) is 3.33. The van der Waals surface area contributed by atoms with Crippen LogP contribution in [0.5, 0.6) is 0 Å². The molecule has 0 radical (unpaired) electrons. The van der Waals surface area contributed by atoms with Gasteiger partial charge in [0.2, 0.25) is 0 Å². The van der Waals surface area contributed by atoms with Crippen LogP contribution in [0, 0.1) is 0 Å². The normalized spacial score (nSPS) is 10.9. The van der Waals surface area contributed by atoms with Gasteiger partial charge in [0.05, 0.1) is 5.52 Å². The predicted octanol–water partition coefficient (Wildman–Crippen LogP) is 3.85. The summed E-state index contributed by atoms with van der Waals surface area (Å²) in [4.78, 5) is 0. The average Bonchev–Trinajstić information content (AvgIpc) is 2.69. The number of hydrogen-bond acceptors (Lipinski definition) is 0. The van der Waals surface area contributed by atoms with E-state index in [1.54, 1.807) is 6.08 Å². The molecule has 0 unspecified atom stereocenters. The summed E-state index contributed by atoms with van der Waals surface area (Å²) in [5.41, 5.74) is 2.12. The van der Waals surface area contributed by atoms with Gasteiger partial charge in [-0.3, -0.25) is 0 Å². The van der Waals surface area contributed by atoms with Crippen molar-refractivity contribution in [3.63, 3.8) is 0 Å². The van der Waals surface area contributed by atoms with Crippen molar-refractivity contribution in [2.45, 2.75) is 0 Å². The zero-order valence-corrected chi connectivity index (χ0v) is 8.56. The summed E-state index contributed by atoms with van der Waals surface area (Å²) in [5, 5.41) is 1.23. The topological polar surface area (TPSA) is 4.93 Å². The van der Waals surface area contributed by atoms with Gasteiger partial charge in [-0.2, -0.15) is 0 Å². The molecule has 2 aromatic rings. The van der Waals surface area contributed by atoms with Gasteiger partial charge < -0.3 is 4.57 Å². The highest BCUT2D eigenvalue weighted by Crippen LogP contribution is 2.18. The molecule has 1 aromatic heterocycles. The van der Waals surface area contributed by atoms with Gasteiger partial charge in [-0.05, 0) is 23.6 Å². The van der Waals surface area contributed by atoms with Crippen molar-refractivity contribution in [3.8, 4) is 0 Å². The SMILES string of the molecule is C=C/C=C\C(=C)n1ccc2ccccc21. The molecule has 0 saturated carbocycles. The largest absolute Gasteiger partial charge is 0.317 e. The summed E-state index contributed by atoms with van der Waals surface area (Å²) in [6, 6.07) is 10.3. The number of hydrogen-bond donors (Lipinski definition) is 0. The fourth-order valence-electron chi connectivity index (χ4n) is 1.59. The lowest BCUT2D eigenvalue weighted by Crippen LogP contribution is -1.89. The number of fused-ring (bicyclic) bond motifs is 1. The minimum Gasteiger partial charge on any atom is -0.317 e. The third-order valence-corrected chi connectivity index (χ3v) is 2.33. The van der Waals surface area contributed by atoms with Crippen LogP contribution < -0.4 is 0 Å². The van der Waals surface area contributed by atoms with E-state index in [1.807, 2.05) is 30.5 Å². The standard InChI is InChI=1S/C14H13N/c1-3-4-7-12(2)15-11-10-13-8-5-6-9-14(13)15/h3-11H,1-2H2/b7-4-. The lowest BCUT2D eigenvalue weighted by molar-refractivity contribution is 1.19. The van der Waals surface area contributed by atoms with Gasteiger partial charge in [0.25, 0.3) is 0 Å². The van der Waals surface area contributed by atoms with Crippen LogP contribution in [0.2, 0.25) is 0 Å². The number of allylic oxidation sites excluding steroid dienone is 4. The Morgan fingerprint density at radius 3 is 2.80 bits per heavy atom. The lowest BCUT2D eigenvalue weighted by Gasteiger charge is -2.03. The van der Waals surface area contributed by atoms with Crippen LogP contribution in [0.3, 0.4) is 0 Å². The molecule has 0 bridgehead atoms. The van der Waals surface area contributed by atoms with Crippen LogP contribution >= 0.6 is 0 Å². The molecule has 0 aliphatic heterocycles. The molecule has 0 amide bonds. The van der Waals surface area contributed by atoms with Crippen LogP contribution in [-0.4, -0.2) is 4.57 Å². The first-order chi connectivity index (χ1) is 7.33. The highest BCUT2D eigenvalue weighted by Gasteiger charge is 1.99. The first-order valence-electron chi connectivity index (χ1n) is 4.87. The Bertz CT molecular complexity index is 529. The molecule has 1 aromatic carbocycles. The van der Waals surface area contributed by atoms with Crippen LogP contribution in [0.15, 0.2) is 67.9 Å². The van der Waals surface area contributed by atoms with Gasteiger partial charge >= 0.3 is 0 Å². The zero-order valence-electron chi connectivity index (χ0n) is 8.56. The molecule has 0 aliphatic rings. The highest BCUT2D eigenvalue weighted by molar-refractivity contribution is 5.84. The Kier molecular flexibility index (Phi) is 2.55. The third kappa shape index (κ3) is 1.77. The Morgan fingerprint density at radius 1 is 1.20 bits per heavy atom. The second-order valence-corrected chi connectivity index (χ2v) is 3.33. The van der Waals surface area contributed by atoms with E-state index in [2.05, 4.69) is 35.9 Å². The Balaban J connectivity index is 2.48. The van der Waals surface area contributed by atoms with E-state index in [4.69, 9.17) is 0 Å². The van der Waals surface area contributed by atoms with E-state index in [0.717, 1.165) is 5.70 Å². The summed E-state index contributed by atoms with van der Waals surface area (Å²) in [5.74, 6) is 0. The fraction of sp³-hybridized carbons (Fsp3) is 0. The number of aromatic nitrogens is 1. The highest BCUT2D eigenvalue weighted by atomic mass is 15.0. The van der Waals surface area contributed by atoms with Crippen LogP contribution in [0.4, 0.5) is 0 Å². The van der Waals surface area contributed by atoms with Crippen molar-refractivity contribution < 1.29 is 0 Å². The summed E-state index contributed by atoms with van der Waals surface area (Å²) in [7, 11) is 0. The summed E-state index contributed by atoms with van der Waals surface area (Å²) in [6.07, 6.45) is 7.61. The molecule has 0 fully saturated rings. The molecule has 0 saturated heterocycles. The molecule has 1 heteroatoms. The van der Waals surface area contributed by atoms with Crippen molar-refractivity contribution in [3.05, 3.63) is 67.9 Å². The average molecular weight is 195 g/mol. The lowest BCUT2D eigenvalue weighted by atomic mass is 10.2. The first-order valence-corrected chi connectivity index (χ1v) is 4.87. The minimum absolute atomic E-state index is 0.941. The molecule has 2 rings (SSSR count). The van der Waals surface area contributed by atoms with E-state index in [1.165, 1.54) is 10.9 Å². The molecule has 74 valence electrons. The number of rotatable bonds is 3. The van der Waals surface area contributed by atoms with Crippen molar-refractivity contribution in [1.29, 1.82) is 0 Å². The Labute approximate surface area is 89.7 Å². The quantitative estimate of drug-likeness (QED) is 0.655. The Morgan fingerprint density at radius 2 is 2.00 bits per heavy atom. The van der Waals surface area contributed by atoms with Gasteiger partial charge in [0, 0.05) is 11.9 Å². The van der Waals surface area contributed by atoms with Gasteiger partial charge in [-0.1, -0.05) is 43.5 Å². The molecular formula is C14H13N. The smallest absolute Gasteiger partial charge is 0.0528 e. The molecule has 0 atom stereocenters. The maximum atomic E-state index is 4.01. The molecule has 0 aliphatic carbocycles. The molecule has 1 nitrogen and oxygen atoms in total. The molecule has 0 spiro atoms. The second kappa shape index (κ2) is 4.01. The maximum Gasteiger partial charge on any atom is 0.0528 e. The van der Waals surface area contributed by atoms with E-state index < -0.39 is 0 Å². The van der Waals surface area contributed by atoms with Crippen LogP contribution in [0.1, 0.15) is 0 Å². The maximum absolute atomic E-state index is 4.01. The number of benzene rings is 1. The predicted molar refractivity (Wildman–Crippen MR) is 66.6 cm³/mol. The minimum atomic E-state index is 0.941. The molecular weight excluding hydrogens is 182 g/mol. The van der Waals surface area contributed by atoms with Crippen molar-refractivity contribution in [2.24, 2.45) is 0 Å². The molecule has 0 N–H and O–H groups in total. The number of para-hydroxylation sites is 1. The third-order valence-electron chi connectivity index (χ3n) is 2.33. The zero-order chi connectivity index (χ0) is 10.7. The fourth-order valence-corrected chi connectivity index (χ4v) is 1.59. The van der Waals surface area contributed by atoms with Gasteiger partial charge in [0.1, 0.15) is 0 Å². The van der Waals surface area contributed by atoms with E-state index >= 15 is 0 Å². The molecule has 15 heavy (non-hydrogen) atoms. The first kappa shape index (κ1) is 9.53. The monoisotopic (exact) mass is 195 g/mol. The summed E-state index contributed by atoms with van der Waals surface area (Å²) in [6.45, 7) is 7.65. The Hall–Kier alpha value is -2.02. The van der Waals surface area contributed by atoms with Gasteiger partial charge in [-0.15, -0.1) is 0 Å². The van der Waals surface area contributed by atoms with Crippen molar-refractivity contribution >= 4 is 16.6 Å². The van der Waals surface area contributed by atoms with Crippen LogP contribution in [-0.2, 0) is 0 Å².